The fourth-order valence-electron chi connectivity index (χ4n) is 2.49. The molecule has 0 N–H and O–H groups in total. The van der Waals surface area contributed by atoms with Gasteiger partial charge < -0.3 is 0 Å². The highest BCUT2D eigenvalue weighted by molar-refractivity contribution is 9.10. The minimum atomic E-state index is -1.46. The van der Waals surface area contributed by atoms with Crippen LogP contribution in [0.1, 0.15) is 27.8 Å². The zero-order valence-electron chi connectivity index (χ0n) is 12.2. The molecule has 0 atom stereocenters. The third-order valence-corrected chi connectivity index (χ3v) is 4.30. The fourth-order valence-corrected chi connectivity index (χ4v) is 2.88. The van der Waals surface area contributed by atoms with E-state index < -0.39 is 39.1 Å². The van der Waals surface area contributed by atoms with Gasteiger partial charge in [0.1, 0.15) is 5.82 Å². The topological polar surface area (TPSA) is 39.1 Å². The van der Waals surface area contributed by atoms with Crippen molar-refractivity contribution in [1.82, 2.24) is 4.57 Å². The first-order valence-electron chi connectivity index (χ1n) is 6.82. The van der Waals surface area contributed by atoms with Crippen molar-refractivity contribution in [3.63, 3.8) is 0 Å². The minimum Gasteiger partial charge on any atom is -0.293 e. The molecule has 1 heterocycles. The Morgan fingerprint density at radius 1 is 1.00 bits per heavy atom. The highest BCUT2D eigenvalue weighted by Crippen LogP contribution is 2.34. The maximum atomic E-state index is 14.4. The smallest absolute Gasteiger partial charge is 0.263 e. The van der Waals surface area contributed by atoms with Crippen molar-refractivity contribution in [2.45, 2.75) is 6.92 Å². The van der Waals surface area contributed by atoms with E-state index in [0.717, 1.165) is 13.0 Å². The van der Waals surface area contributed by atoms with Gasteiger partial charge in [0, 0.05) is 17.9 Å². The van der Waals surface area contributed by atoms with Crippen LogP contribution in [-0.4, -0.2) is 16.3 Å². The van der Waals surface area contributed by atoms with Gasteiger partial charge >= 0.3 is 0 Å². The average molecular weight is 396 g/mol. The average Bonchev–Trinajstić information content (AvgIpc) is 2.99. The standard InChI is InChI=1S/C17H9BrF3NO2/c1-8(23)11-7-10-13(19)12(18)14(20)15(21)16(10)22(11)17(24)9-5-3-2-4-6-9/h2-7H,1H3. The number of nitrogens with zero attached hydrogens (tertiary/aromatic N) is 1. The Labute approximate surface area is 142 Å². The number of ketones is 1. The molecule has 0 unspecified atom stereocenters. The fraction of sp³-hybridized carbons (Fsp3) is 0.0588. The minimum absolute atomic E-state index is 0.153. The molecular weight excluding hydrogens is 387 g/mol. The predicted octanol–water partition coefficient (Wildman–Crippen LogP) is 4.71. The number of aromatic nitrogens is 1. The molecule has 3 aromatic rings. The molecule has 24 heavy (non-hydrogen) atoms. The van der Waals surface area contributed by atoms with Crippen LogP contribution in [0.4, 0.5) is 13.2 Å². The summed E-state index contributed by atoms with van der Waals surface area (Å²) in [6.07, 6.45) is 0. The number of rotatable bonds is 2. The molecule has 0 spiro atoms. The van der Waals surface area contributed by atoms with Crippen LogP contribution in [0.25, 0.3) is 10.9 Å². The lowest BCUT2D eigenvalue weighted by Crippen LogP contribution is -2.17. The van der Waals surface area contributed by atoms with Crippen LogP contribution in [0.3, 0.4) is 0 Å². The molecule has 0 radical (unpaired) electrons. The number of hydrogen-bond donors (Lipinski definition) is 0. The number of hydrogen-bond acceptors (Lipinski definition) is 2. The SMILES string of the molecule is CC(=O)c1cc2c(F)c(Br)c(F)c(F)c2n1C(=O)c1ccccc1. The van der Waals surface area contributed by atoms with Crippen LogP contribution < -0.4 is 0 Å². The number of carbonyl (C=O) groups excluding carboxylic acids is 2. The summed E-state index contributed by atoms with van der Waals surface area (Å²) in [5.41, 5.74) is -0.679. The van der Waals surface area contributed by atoms with Crippen LogP contribution >= 0.6 is 15.9 Å². The lowest BCUT2D eigenvalue weighted by Gasteiger charge is -2.09. The van der Waals surface area contributed by atoms with E-state index in [1.807, 2.05) is 0 Å². The van der Waals surface area contributed by atoms with E-state index in [0.29, 0.717) is 4.57 Å². The third kappa shape index (κ3) is 2.36. The van der Waals surface area contributed by atoms with Crippen molar-refractivity contribution in [2.24, 2.45) is 0 Å². The van der Waals surface area contributed by atoms with Crippen molar-refractivity contribution >= 4 is 38.5 Å². The molecule has 0 aliphatic carbocycles. The molecular formula is C17H9BrF3NO2. The molecule has 0 aliphatic rings. The Balaban J connectivity index is 2.44. The summed E-state index contributed by atoms with van der Waals surface area (Å²) in [5, 5.41) is -0.352. The molecule has 1 aromatic heterocycles. The van der Waals surface area contributed by atoms with Crippen LogP contribution in [0, 0.1) is 17.5 Å². The predicted molar refractivity (Wildman–Crippen MR) is 85.7 cm³/mol. The molecule has 0 saturated carbocycles. The van der Waals surface area contributed by atoms with Gasteiger partial charge in [-0.05, 0) is 34.1 Å². The molecule has 3 nitrogen and oxygen atoms in total. The van der Waals surface area contributed by atoms with E-state index in [2.05, 4.69) is 15.9 Å². The number of Topliss-reactive ketones (excluding diaryl/α,β-unsaturated/α-hetero) is 1. The quantitative estimate of drug-likeness (QED) is 0.358. The van der Waals surface area contributed by atoms with E-state index in [1.165, 1.54) is 12.1 Å². The third-order valence-electron chi connectivity index (χ3n) is 3.61. The Kier molecular flexibility index (Phi) is 4.04. The summed E-state index contributed by atoms with van der Waals surface area (Å²) in [6, 6.07) is 8.80. The summed E-state index contributed by atoms with van der Waals surface area (Å²) < 4.78 is 42.6. The van der Waals surface area contributed by atoms with E-state index >= 15 is 0 Å². The van der Waals surface area contributed by atoms with Crippen molar-refractivity contribution in [3.05, 3.63) is 69.6 Å². The Morgan fingerprint density at radius 2 is 1.62 bits per heavy atom. The van der Waals surface area contributed by atoms with Crippen LogP contribution in [-0.2, 0) is 0 Å². The molecule has 7 heteroatoms. The van der Waals surface area contributed by atoms with Gasteiger partial charge in [-0.15, -0.1) is 0 Å². The summed E-state index contributed by atoms with van der Waals surface area (Å²) in [5.74, 6) is -5.28. The summed E-state index contributed by atoms with van der Waals surface area (Å²) in [7, 11) is 0. The first-order chi connectivity index (χ1) is 11.3. The molecule has 0 bridgehead atoms. The Hall–Kier alpha value is -2.41. The second-order valence-electron chi connectivity index (χ2n) is 5.11. The van der Waals surface area contributed by atoms with Gasteiger partial charge in [-0.25, -0.2) is 13.2 Å². The van der Waals surface area contributed by atoms with Crippen molar-refractivity contribution in [3.8, 4) is 0 Å². The number of fused-ring (bicyclic) bond motifs is 1. The van der Waals surface area contributed by atoms with E-state index in [-0.39, 0.29) is 16.6 Å². The molecule has 0 amide bonds. The van der Waals surface area contributed by atoms with Crippen molar-refractivity contribution in [1.29, 1.82) is 0 Å². The molecule has 0 aliphatic heterocycles. The second kappa shape index (κ2) is 5.90. The summed E-state index contributed by atoms with van der Waals surface area (Å²) in [6.45, 7) is 1.16. The maximum Gasteiger partial charge on any atom is 0.263 e. The highest BCUT2D eigenvalue weighted by Gasteiger charge is 2.28. The largest absolute Gasteiger partial charge is 0.293 e. The van der Waals surface area contributed by atoms with Gasteiger partial charge in [0.2, 0.25) is 0 Å². The lowest BCUT2D eigenvalue weighted by molar-refractivity contribution is 0.0931. The first kappa shape index (κ1) is 16.4. The summed E-state index contributed by atoms with van der Waals surface area (Å²) >= 11 is 2.63. The van der Waals surface area contributed by atoms with Gasteiger partial charge in [-0.2, -0.15) is 0 Å². The van der Waals surface area contributed by atoms with Crippen molar-refractivity contribution < 1.29 is 22.8 Å². The highest BCUT2D eigenvalue weighted by atomic mass is 79.9. The first-order valence-corrected chi connectivity index (χ1v) is 7.62. The van der Waals surface area contributed by atoms with Gasteiger partial charge in [0.05, 0.1) is 15.7 Å². The normalized spacial score (nSPS) is 11.0. The zero-order chi connectivity index (χ0) is 17.6. The van der Waals surface area contributed by atoms with E-state index in [9.17, 15) is 22.8 Å². The van der Waals surface area contributed by atoms with Crippen LogP contribution in [0.2, 0.25) is 0 Å². The van der Waals surface area contributed by atoms with Crippen LogP contribution in [0.15, 0.2) is 40.9 Å². The number of benzene rings is 2. The van der Waals surface area contributed by atoms with E-state index in [4.69, 9.17) is 0 Å². The Bertz CT molecular complexity index is 996. The number of carbonyl (C=O) groups is 2. The summed E-state index contributed by atoms with van der Waals surface area (Å²) in [4.78, 5) is 24.5. The van der Waals surface area contributed by atoms with Crippen molar-refractivity contribution in [2.75, 3.05) is 0 Å². The van der Waals surface area contributed by atoms with Gasteiger partial charge in [0.15, 0.2) is 17.4 Å². The lowest BCUT2D eigenvalue weighted by atomic mass is 10.2. The zero-order valence-corrected chi connectivity index (χ0v) is 13.8. The van der Waals surface area contributed by atoms with Gasteiger partial charge in [0.25, 0.3) is 5.91 Å². The van der Waals surface area contributed by atoms with Gasteiger partial charge in [-0.1, -0.05) is 18.2 Å². The van der Waals surface area contributed by atoms with E-state index in [1.54, 1.807) is 18.2 Å². The Morgan fingerprint density at radius 3 is 2.21 bits per heavy atom. The van der Waals surface area contributed by atoms with Gasteiger partial charge in [-0.3, -0.25) is 14.2 Å². The number of halogens is 4. The second-order valence-corrected chi connectivity index (χ2v) is 5.90. The molecule has 2 aromatic carbocycles. The monoisotopic (exact) mass is 395 g/mol. The molecule has 122 valence electrons. The van der Waals surface area contributed by atoms with Crippen LogP contribution in [0.5, 0.6) is 0 Å². The molecule has 3 rings (SSSR count). The molecule has 0 fully saturated rings. The molecule has 0 saturated heterocycles. The maximum absolute atomic E-state index is 14.4.